The van der Waals surface area contributed by atoms with Gasteiger partial charge in [0, 0.05) is 39.1 Å². The molecule has 0 aliphatic heterocycles. The topological polar surface area (TPSA) is 83.6 Å². The van der Waals surface area contributed by atoms with Crippen molar-refractivity contribution >= 4 is 5.96 Å². The fourth-order valence-electron chi connectivity index (χ4n) is 6.73. The molecule has 0 radical (unpaired) electrons. The second-order valence-corrected chi connectivity index (χ2v) is 15.1. The highest BCUT2D eigenvalue weighted by Crippen LogP contribution is 2.29. The van der Waals surface area contributed by atoms with Crippen LogP contribution in [0.25, 0.3) is 0 Å². The first kappa shape index (κ1) is 48.6. The van der Waals surface area contributed by atoms with E-state index in [4.69, 9.17) is 20.6 Å². The van der Waals surface area contributed by atoms with Gasteiger partial charge in [0.15, 0.2) is 11.7 Å². The van der Waals surface area contributed by atoms with Crippen molar-refractivity contribution in [3.8, 4) is 0 Å². The summed E-state index contributed by atoms with van der Waals surface area (Å²) in [5.41, 5.74) is 5.44. The molecule has 0 saturated heterocycles. The van der Waals surface area contributed by atoms with Crippen LogP contribution < -0.4 is 11.1 Å². The number of nitrogens with two attached hydrogens (primary N) is 1. The Balaban J connectivity index is 4.50. The minimum absolute atomic E-state index is 0.0285. The number of unbranched alkanes of at least 4 members (excludes halogenated alkanes) is 19. The summed E-state index contributed by atoms with van der Waals surface area (Å²) in [4.78, 5) is 2.24. The van der Waals surface area contributed by atoms with Crippen LogP contribution in [-0.4, -0.2) is 56.5 Å². The van der Waals surface area contributed by atoms with Gasteiger partial charge in [-0.2, -0.15) is 0 Å². The zero-order valence-electron chi connectivity index (χ0n) is 34.4. The zero-order chi connectivity index (χ0) is 36.8. The van der Waals surface area contributed by atoms with Crippen LogP contribution >= 0.6 is 0 Å². The Morgan fingerprint density at radius 1 is 0.660 bits per heavy atom. The lowest BCUT2D eigenvalue weighted by molar-refractivity contribution is -0.245. The molecular weight excluding hydrogens is 617 g/mol. The van der Waals surface area contributed by atoms with E-state index in [1.807, 2.05) is 0 Å². The van der Waals surface area contributed by atoms with Crippen molar-refractivity contribution in [1.82, 2.24) is 10.2 Å². The summed E-state index contributed by atoms with van der Waals surface area (Å²) in [5.74, 6) is 0.372. The van der Waals surface area contributed by atoms with E-state index in [1.54, 1.807) is 0 Å². The van der Waals surface area contributed by atoms with Crippen molar-refractivity contribution in [1.29, 1.82) is 5.41 Å². The highest BCUT2D eigenvalue weighted by Gasteiger charge is 2.30. The van der Waals surface area contributed by atoms with Crippen LogP contribution in [0.3, 0.4) is 0 Å². The molecule has 0 spiro atoms. The third-order valence-corrected chi connectivity index (χ3v) is 10.1. The lowest BCUT2D eigenvalue weighted by atomic mass is 9.97. The average molecular weight is 705 g/mol. The number of nitrogens with zero attached hydrogens (tertiary/aromatic N) is 1. The molecular formula is C44H88N4O2. The van der Waals surface area contributed by atoms with Crippen LogP contribution in [0, 0.1) is 11.3 Å². The fourth-order valence-corrected chi connectivity index (χ4v) is 6.73. The largest absolute Gasteiger partial charge is 0.370 e. The second kappa shape index (κ2) is 37.4. The maximum atomic E-state index is 7.38. The molecule has 50 heavy (non-hydrogen) atoms. The van der Waals surface area contributed by atoms with Gasteiger partial charge >= 0.3 is 0 Å². The molecule has 0 bridgehead atoms. The molecule has 0 fully saturated rings. The van der Waals surface area contributed by atoms with E-state index in [0.717, 1.165) is 31.8 Å². The summed E-state index contributed by atoms with van der Waals surface area (Å²) in [5, 5.41) is 10.3. The third-order valence-electron chi connectivity index (χ3n) is 10.1. The quantitative estimate of drug-likeness (QED) is 0.0195. The van der Waals surface area contributed by atoms with Gasteiger partial charge in [0.2, 0.25) is 0 Å². The van der Waals surface area contributed by atoms with E-state index in [-0.39, 0.29) is 5.96 Å². The molecule has 0 saturated carbocycles. The lowest BCUT2D eigenvalue weighted by Gasteiger charge is -2.35. The molecule has 0 aromatic rings. The summed E-state index contributed by atoms with van der Waals surface area (Å²) in [7, 11) is 2.10. The Morgan fingerprint density at radius 2 is 1.14 bits per heavy atom. The van der Waals surface area contributed by atoms with Crippen molar-refractivity contribution in [3.05, 3.63) is 24.3 Å². The van der Waals surface area contributed by atoms with Gasteiger partial charge < -0.3 is 25.4 Å². The molecule has 0 rings (SSSR count). The minimum Gasteiger partial charge on any atom is -0.370 e. The molecule has 0 aliphatic carbocycles. The average Bonchev–Trinajstić information content (AvgIpc) is 3.09. The zero-order valence-corrected chi connectivity index (χ0v) is 34.4. The molecule has 0 aromatic heterocycles. The fraction of sp³-hybridized carbons (Fsp3) is 0.886. The normalized spacial score (nSPS) is 13.9. The van der Waals surface area contributed by atoms with Crippen LogP contribution in [0.4, 0.5) is 0 Å². The standard InChI is InChI=1S/C44H88N4O2/c1-6-9-11-13-15-16-17-18-19-20-21-22-24-28-32-36-44(49-8-3,50-41-40-48(5)39-38-47-43(45)46)37-33-29-25-23-27-31-35-42(4)34-30-26-14-12-10-7-2/h17-18,26,30,42H,6-16,19-25,27-29,31-41H2,1-5H3,(H4,45,46,47)/b18-17-,30-26-. The van der Waals surface area contributed by atoms with E-state index < -0.39 is 5.79 Å². The number of allylic oxidation sites excluding steroid dienone is 4. The number of hydrogen-bond donors (Lipinski definition) is 3. The number of rotatable bonds is 39. The molecule has 0 aromatic carbocycles. The maximum absolute atomic E-state index is 7.38. The molecule has 0 heterocycles. The van der Waals surface area contributed by atoms with Crippen LogP contribution in [0.1, 0.15) is 201 Å². The summed E-state index contributed by atoms with van der Waals surface area (Å²) in [6.07, 6.45) is 44.4. The van der Waals surface area contributed by atoms with Gasteiger partial charge in [0.05, 0.1) is 6.61 Å². The summed E-state index contributed by atoms with van der Waals surface area (Å²) in [6.45, 7) is 12.8. The van der Waals surface area contributed by atoms with Crippen LogP contribution in [0.15, 0.2) is 24.3 Å². The number of nitrogens with one attached hydrogen (secondary N) is 2. The van der Waals surface area contributed by atoms with E-state index in [0.29, 0.717) is 19.8 Å². The van der Waals surface area contributed by atoms with Gasteiger partial charge in [-0.05, 0) is 77.7 Å². The van der Waals surface area contributed by atoms with Gasteiger partial charge in [-0.15, -0.1) is 0 Å². The molecule has 2 atom stereocenters. The van der Waals surface area contributed by atoms with E-state index >= 15 is 0 Å². The Morgan fingerprint density at radius 3 is 1.70 bits per heavy atom. The number of likely N-dealkylation sites (N-methyl/N-ethyl adjacent to an activating group) is 1. The summed E-state index contributed by atoms with van der Waals surface area (Å²) in [6, 6.07) is 0. The van der Waals surface area contributed by atoms with Gasteiger partial charge in [0.25, 0.3) is 0 Å². The number of guanidine groups is 1. The van der Waals surface area contributed by atoms with Crippen molar-refractivity contribution in [2.75, 3.05) is 39.9 Å². The predicted molar refractivity (Wildman–Crippen MR) is 221 cm³/mol. The molecule has 296 valence electrons. The molecule has 2 unspecified atom stereocenters. The summed E-state index contributed by atoms with van der Waals surface area (Å²) < 4.78 is 13.1. The Hall–Kier alpha value is -1.37. The van der Waals surface area contributed by atoms with Crippen molar-refractivity contribution < 1.29 is 9.47 Å². The van der Waals surface area contributed by atoms with Gasteiger partial charge in [0.1, 0.15) is 0 Å². The highest BCUT2D eigenvalue weighted by molar-refractivity contribution is 5.74. The first-order chi connectivity index (χ1) is 24.4. The molecule has 6 heteroatoms. The molecule has 4 N–H and O–H groups in total. The van der Waals surface area contributed by atoms with Crippen molar-refractivity contribution in [2.45, 2.75) is 207 Å². The molecule has 6 nitrogen and oxygen atoms in total. The minimum atomic E-state index is -0.464. The predicted octanol–water partition coefficient (Wildman–Crippen LogP) is 12.5. The van der Waals surface area contributed by atoms with Gasteiger partial charge in [-0.25, -0.2) is 0 Å². The maximum Gasteiger partial charge on any atom is 0.185 e. The van der Waals surface area contributed by atoms with E-state index in [1.165, 1.54) is 161 Å². The first-order valence-electron chi connectivity index (χ1n) is 21.7. The third kappa shape index (κ3) is 33.8. The van der Waals surface area contributed by atoms with Gasteiger partial charge in [-0.1, -0.05) is 148 Å². The Bertz CT molecular complexity index is 773. The lowest BCUT2D eigenvalue weighted by Crippen LogP contribution is -2.40. The SMILES string of the molecule is CCCCC/C=C\CC(C)CCCCCCCCC(CCCCCCCC/C=C\CCCCCCC)(OCC)OCCN(C)CCNC(=N)N. The monoisotopic (exact) mass is 705 g/mol. The van der Waals surface area contributed by atoms with E-state index in [2.05, 4.69) is 69.3 Å². The van der Waals surface area contributed by atoms with Gasteiger partial charge in [-0.3, -0.25) is 5.41 Å². The summed E-state index contributed by atoms with van der Waals surface area (Å²) >= 11 is 0. The highest BCUT2D eigenvalue weighted by atomic mass is 16.7. The first-order valence-corrected chi connectivity index (χ1v) is 21.7. The van der Waals surface area contributed by atoms with E-state index in [9.17, 15) is 0 Å². The van der Waals surface area contributed by atoms with Crippen LogP contribution in [0.5, 0.6) is 0 Å². The Kier molecular flexibility index (Phi) is 36.4. The van der Waals surface area contributed by atoms with Crippen molar-refractivity contribution in [3.63, 3.8) is 0 Å². The van der Waals surface area contributed by atoms with Crippen LogP contribution in [0.2, 0.25) is 0 Å². The molecule has 0 aliphatic rings. The smallest absolute Gasteiger partial charge is 0.185 e. The Labute approximate surface area is 313 Å². The van der Waals surface area contributed by atoms with Crippen LogP contribution in [-0.2, 0) is 9.47 Å². The number of hydrogen-bond acceptors (Lipinski definition) is 4. The number of ether oxygens (including phenoxy) is 2. The van der Waals surface area contributed by atoms with Crippen molar-refractivity contribution in [2.24, 2.45) is 11.7 Å². The molecule has 0 amide bonds. The second-order valence-electron chi connectivity index (χ2n) is 15.1.